The van der Waals surface area contributed by atoms with E-state index < -0.39 is 12.0 Å². The summed E-state index contributed by atoms with van der Waals surface area (Å²) >= 11 is 0. The molecule has 2 atom stereocenters. The molecule has 4 aliphatic rings. The summed E-state index contributed by atoms with van der Waals surface area (Å²) in [7, 11) is 0. The molecule has 118 valence electrons. The number of amides is 2. The molecule has 0 aromatic heterocycles. The largest absolute Gasteiger partial charge is 0.480 e. The van der Waals surface area contributed by atoms with Gasteiger partial charge in [0.05, 0.1) is 0 Å². The third-order valence-corrected chi connectivity index (χ3v) is 5.26. The topological polar surface area (TPSA) is 72.9 Å². The highest BCUT2D eigenvalue weighted by Crippen LogP contribution is 2.28. The first-order valence-electron chi connectivity index (χ1n) is 8.17. The van der Waals surface area contributed by atoms with E-state index in [-0.39, 0.29) is 12.1 Å². The molecule has 0 aromatic carbocycles. The summed E-state index contributed by atoms with van der Waals surface area (Å²) in [5.74, 6) is -0.310. The number of carboxylic acids is 1. The van der Waals surface area contributed by atoms with Crippen molar-refractivity contribution >= 4 is 12.0 Å². The van der Waals surface area contributed by atoms with E-state index >= 15 is 0 Å². The molecule has 4 aliphatic heterocycles. The predicted octanol–water partition coefficient (Wildman–Crippen LogP) is 1.12. The second kappa shape index (κ2) is 6.22. The Morgan fingerprint density at radius 2 is 1.76 bits per heavy atom. The number of aliphatic carboxylic acids is 1. The molecule has 4 saturated heterocycles. The molecular weight excluding hydrogens is 270 g/mol. The van der Waals surface area contributed by atoms with E-state index in [9.17, 15) is 14.7 Å². The molecule has 2 N–H and O–H groups in total. The highest BCUT2D eigenvalue weighted by atomic mass is 16.4. The average molecular weight is 295 g/mol. The zero-order chi connectivity index (χ0) is 14.8. The summed E-state index contributed by atoms with van der Waals surface area (Å²) in [5.41, 5.74) is 0. The van der Waals surface area contributed by atoms with Crippen LogP contribution in [0.15, 0.2) is 0 Å². The van der Waals surface area contributed by atoms with Gasteiger partial charge in [0, 0.05) is 19.1 Å². The zero-order valence-corrected chi connectivity index (χ0v) is 12.5. The van der Waals surface area contributed by atoms with E-state index in [4.69, 9.17) is 0 Å². The summed E-state index contributed by atoms with van der Waals surface area (Å²) in [5, 5.41) is 12.5. The van der Waals surface area contributed by atoms with Gasteiger partial charge in [0.1, 0.15) is 6.04 Å². The van der Waals surface area contributed by atoms with Gasteiger partial charge in [-0.2, -0.15) is 0 Å². The van der Waals surface area contributed by atoms with Crippen LogP contribution in [-0.4, -0.2) is 65.2 Å². The third-order valence-electron chi connectivity index (χ3n) is 5.26. The van der Waals surface area contributed by atoms with Crippen LogP contribution in [-0.2, 0) is 4.79 Å². The third kappa shape index (κ3) is 3.15. The first-order valence-corrected chi connectivity index (χ1v) is 8.17. The van der Waals surface area contributed by atoms with Crippen LogP contribution in [0.25, 0.3) is 0 Å². The number of piperidine rings is 3. The number of hydrogen-bond acceptors (Lipinski definition) is 3. The normalized spacial score (nSPS) is 36.1. The lowest BCUT2D eigenvalue weighted by atomic mass is 9.84. The predicted molar refractivity (Wildman–Crippen MR) is 78.1 cm³/mol. The quantitative estimate of drug-likeness (QED) is 0.801. The Kier molecular flexibility index (Phi) is 4.33. The number of carbonyl (C=O) groups excluding carboxylic acids is 1. The molecule has 0 aliphatic carbocycles. The summed E-state index contributed by atoms with van der Waals surface area (Å²) in [6.07, 6.45) is 5.66. The lowest BCUT2D eigenvalue weighted by molar-refractivity contribution is -0.142. The van der Waals surface area contributed by atoms with Crippen LogP contribution in [0.3, 0.4) is 0 Å². The van der Waals surface area contributed by atoms with Crippen LogP contribution >= 0.6 is 0 Å². The van der Waals surface area contributed by atoms with Crippen molar-refractivity contribution in [3.8, 4) is 0 Å². The van der Waals surface area contributed by atoms with Crippen molar-refractivity contribution in [1.82, 2.24) is 15.1 Å². The van der Waals surface area contributed by atoms with Crippen LogP contribution < -0.4 is 5.32 Å². The highest BCUT2D eigenvalue weighted by Gasteiger charge is 2.37. The number of likely N-dealkylation sites (tertiary alicyclic amines) is 1. The number of hydrogen-bond donors (Lipinski definition) is 2. The minimum atomic E-state index is -0.874. The maximum atomic E-state index is 12.5. The van der Waals surface area contributed by atoms with E-state index in [1.54, 1.807) is 4.90 Å². The number of nitrogens with one attached hydrogen (secondary N) is 1. The average Bonchev–Trinajstić information content (AvgIpc) is 2.74. The summed E-state index contributed by atoms with van der Waals surface area (Å²) in [6.45, 7) is 3.75. The van der Waals surface area contributed by atoms with Gasteiger partial charge in [0.2, 0.25) is 0 Å². The fourth-order valence-corrected chi connectivity index (χ4v) is 3.98. The Bertz CT molecular complexity index is 407. The number of rotatable bonds is 2. The van der Waals surface area contributed by atoms with Gasteiger partial charge in [-0.15, -0.1) is 0 Å². The van der Waals surface area contributed by atoms with Gasteiger partial charge in [-0.05, 0) is 44.7 Å². The number of carbonyl (C=O) groups is 2. The van der Waals surface area contributed by atoms with E-state index in [0.717, 1.165) is 51.7 Å². The van der Waals surface area contributed by atoms with Crippen molar-refractivity contribution in [3.63, 3.8) is 0 Å². The summed E-state index contributed by atoms with van der Waals surface area (Å²) in [4.78, 5) is 27.9. The van der Waals surface area contributed by atoms with Gasteiger partial charge in [-0.25, -0.2) is 9.59 Å². The molecule has 6 heteroatoms. The second-order valence-electron chi connectivity index (χ2n) is 6.59. The van der Waals surface area contributed by atoms with Crippen molar-refractivity contribution in [2.24, 2.45) is 5.92 Å². The standard InChI is InChI=1S/C15H25N3O3/c19-14(20)13-4-2-1-3-7-18(13)15(21)16-12-10-17-8-5-11(12)6-9-17/h11-13H,1-10H2,(H,16,21)(H,19,20). The molecule has 4 fully saturated rings. The molecule has 6 nitrogen and oxygen atoms in total. The lowest BCUT2D eigenvalue weighted by Crippen LogP contribution is -2.60. The van der Waals surface area contributed by atoms with Crippen molar-refractivity contribution in [3.05, 3.63) is 0 Å². The van der Waals surface area contributed by atoms with E-state index in [0.29, 0.717) is 18.9 Å². The minimum absolute atomic E-state index is 0.178. The van der Waals surface area contributed by atoms with E-state index in [1.165, 1.54) is 0 Å². The van der Waals surface area contributed by atoms with Crippen molar-refractivity contribution in [2.45, 2.75) is 50.6 Å². The maximum Gasteiger partial charge on any atom is 0.326 e. The zero-order valence-electron chi connectivity index (χ0n) is 12.5. The molecule has 0 spiro atoms. The maximum absolute atomic E-state index is 12.5. The Labute approximate surface area is 125 Å². The first-order chi connectivity index (χ1) is 10.1. The Morgan fingerprint density at radius 1 is 1.00 bits per heavy atom. The molecule has 0 saturated carbocycles. The van der Waals surface area contributed by atoms with Crippen molar-refractivity contribution in [1.29, 1.82) is 0 Å². The Hall–Kier alpha value is -1.30. The fraction of sp³-hybridized carbons (Fsp3) is 0.867. The molecule has 21 heavy (non-hydrogen) atoms. The number of urea groups is 1. The van der Waals surface area contributed by atoms with Gasteiger partial charge in [0.25, 0.3) is 0 Å². The molecule has 2 amide bonds. The monoisotopic (exact) mass is 295 g/mol. The summed E-state index contributed by atoms with van der Waals surface area (Å²) < 4.78 is 0. The van der Waals surface area contributed by atoms with Crippen molar-refractivity contribution in [2.75, 3.05) is 26.2 Å². The molecule has 0 radical (unpaired) electrons. The van der Waals surface area contributed by atoms with Crippen LogP contribution in [0.1, 0.15) is 38.5 Å². The molecule has 4 heterocycles. The second-order valence-corrected chi connectivity index (χ2v) is 6.59. The minimum Gasteiger partial charge on any atom is -0.480 e. The van der Waals surface area contributed by atoms with Crippen LogP contribution in [0.4, 0.5) is 4.79 Å². The van der Waals surface area contributed by atoms with Gasteiger partial charge < -0.3 is 20.2 Å². The SMILES string of the molecule is O=C(O)C1CCCCCN1C(=O)NC1CN2CCC1CC2. The summed E-state index contributed by atoms with van der Waals surface area (Å²) in [6, 6.07) is -0.644. The molecule has 0 aromatic rings. The molecular formula is C15H25N3O3. The first kappa shape index (κ1) is 14.6. The molecule has 2 bridgehead atoms. The van der Waals surface area contributed by atoms with E-state index in [1.807, 2.05) is 0 Å². The van der Waals surface area contributed by atoms with Crippen molar-refractivity contribution < 1.29 is 14.7 Å². The molecule has 4 rings (SSSR count). The van der Waals surface area contributed by atoms with Gasteiger partial charge in [-0.1, -0.05) is 12.8 Å². The Morgan fingerprint density at radius 3 is 2.38 bits per heavy atom. The molecule has 2 unspecified atom stereocenters. The van der Waals surface area contributed by atoms with E-state index in [2.05, 4.69) is 10.2 Å². The van der Waals surface area contributed by atoms with Gasteiger partial charge in [-0.3, -0.25) is 0 Å². The number of nitrogens with zero attached hydrogens (tertiary/aromatic N) is 2. The van der Waals surface area contributed by atoms with Crippen LogP contribution in [0.5, 0.6) is 0 Å². The van der Waals surface area contributed by atoms with Gasteiger partial charge >= 0.3 is 12.0 Å². The lowest BCUT2D eigenvalue weighted by Gasteiger charge is -2.45. The Balaban J connectivity index is 1.64. The highest BCUT2D eigenvalue weighted by molar-refractivity contribution is 5.83. The van der Waals surface area contributed by atoms with Crippen LogP contribution in [0.2, 0.25) is 0 Å². The fourth-order valence-electron chi connectivity index (χ4n) is 3.98. The van der Waals surface area contributed by atoms with Gasteiger partial charge in [0.15, 0.2) is 0 Å². The smallest absolute Gasteiger partial charge is 0.326 e. The number of fused-ring (bicyclic) bond motifs is 3. The number of carboxylic acid groups (broad SMARTS) is 1. The van der Waals surface area contributed by atoms with Crippen LogP contribution in [0, 0.1) is 5.92 Å².